The van der Waals surface area contributed by atoms with E-state index < -0.39 is 0 Å². The average molecular weight is 285 g/mol. The average Bonchev–Trinajstić information content (AvgIpc) is 2.92. The Morgan fingerprint density at radius 1 is 1.58 bits per heavy atom. The van der Waals surface area contributed by atoms with Crippen LogP contribution in [-0.4, -0.2) is 47.1 Å². The zero-order valence-corrected chi connectivity index (χ0v) is 12.2. The zero-order valence-electron chi connectivity index (χ0n) is 11.5. The lowest BCUT2D eigenvalue weighted by atomic mass is 10.00. The van der Waals surface area contributed by atoms with Crippen molar-refractivity contribution in [2.75, 3.05) is 20.6 Å². The Morgan fingerprint density at radius 2 is 2.32 bits per heavy atom. The first-order chi connectivity index (χ1) is 8.99. The summed E-state index contributed by atoms with van der Waals surface area (Å²) in [6.45, 7) is 1.49. The number of ketones is 1. The standard InChI is InChI=1S/C13H21ClN4O/c1-17(2)5-6-18-12(11(14)8-16-18)13(19)9-3-4-10(15)7-9/h8-10H,3-7,15H2,1-2H3. The molecule has 6 heteroatoms. The van der Waals surface area contributed by atoms with Gasteiger partial charge in [-0.15, -0.1) is 0 Å². The molecule has 106 valence electrons. The SMILES string of the molecule is CN(C)CCn1ncc(Cl)c1C(=O)C1CCC(N)C1. The molecular weight excluding hydrogens is 264 g/mol. The second-order valence-corrected chi connectivity index (χ2v) is 5.91. The highest BCUT2D eigenvalue weighted by atomic mass is 35.5. The highest BCUT2D eigenvalue weighted by molar-refractivity contribution is 6.33. The van der Waals surface area contributed by atoms with E-state index in [9.17, 15) is 4.79 Å². The van der Waals surface area contributed by atoms with Crippen LogP contribution in [0.4, 0.5) is 0 Å². The molecule has 1 aromatic heterocycles. The number of rotatable bonds is 5. The van der Waals surface area contributed by atoms with Gasteiger partial charge in [0.15, 0.2) is 5.78 Å². The Balaban J connectivity index is 2.14. The van der Waals surface area contributed by atoms with E-state index in [0.717, 1.165) is 25.8 Å². The summed E-state index contributed by atoms with van der Waals surface area (Å²) < 4.78 is 1.72. The molecule has 0 spiro atoms. The van der Waals surface area contributed by atoms with E-state index in [1.165, 1.54) is 0 Å². The third kappa shape index (κ3) is 3.35. The number of nitrogens with zero attached hydrogens (tertiary/aromatic N) is 3. The van der Waals surface area contributed by atoms with Crippen LogP contribution in [0.1, 0.15) is 29.8 Å². The van der Waals surface area contributed by atoms with Crippen molar-refractivity contribution in [3.63, 3.8) is 0 Å². The largest absolute Gasteiger partial charge is 0.328 e. The fourth-order valence-electron chi connectivity index (χ4n) is 2.52. The monoisotopic (exact) mass is 284 g/mol. The van der Waals surface area contributed by atoms with Crippen molar-refractivity contribution in [2.24, 2.45) is 11.7 Å². The Kier molecular flexibility index (Phi) is 4.60. The van der Waals surface area contributed by atoms with Gasteiger partial charge >= 0.3 is 0 Å². The van der Waals surface area contributed by atoms with Gasteiger partial charge in [0.2, 0.25) is 0 Å². The molecule has 0 saturated heterocycles. The molecule has 0 radical (unpaired) electrons. The van der Waals surface area contributed by atoms with Crippen molar-refractivity contribution < 1.29 is 4.79 Å². The van der Waals surface area contributed by atoms with Crippen LogP contribution in [0.5, 0.6) is 0 Å². The number of carbonyl (C=O) groups is 1. The van der Waals surface area contributed by atoms with Gasteiger partial charge < -0.3 is 10.6 Å². The lowest BCUT2D eigenvalue weighted by Gasteiger charge is -2.14. The van der Waals surface area contributed by atoms with E-state index >= 15 is 0 Å². The Bertz CT molecular complexity index is 457. The lowest BCUT2D eigenvalue weighted by molar-refractivity contribution is 0.0910. The van der Waals surface area contributed by atoms with Gasteiger partial charge in [-0.05, 0) is 33.4 Å². The van der Waals surface area contributed by atoms with Gasteiger partial charge in [-0.2, -0.15) is 5.10 Å². The van der Waals surface area contributed by atoms with Crippen LogP contribution in [0.3, 0.4) is 0 Å². The zero-order chi connectivity index (χ0) is 14.0. The first-order valence-corrected chi connectivity index (χ1v) is 7.02. The molecule has 1 aromatic rings. The predicted octanol–water partition coefficient (Wildman–Crippen LogP) is 1.41. The van der Waals surface area contributed by atoms with Crippen molar-refractivity contribution in [3.8, 4) is 0 Å². The minimum atomic E-state index is 0.00214. The van der Waals surface area contributed by atoms with Crippen molar-refractivity contribution in [1.82, 2.24) is 14.7 Å². The Morgan fingerprint density at radius 3 is 2.89 bits per heavy atom. The molecule has 1 saturated carbocycles. The van der Waals surface area contributed by atoms with E-state index in [-0.39, 0.29) is 17.7 Å². The Hall–Kier alpha value is -0.910. The van der Waals surface area contributed by atoms with E-state index in [4.69, 9.17) is 17.3 Å². The maximum absolute atomic E-state index is 12.5. The number of nitrogens with two attached hydrogens (primary N) is 1. The second-order valence-electron chi connectivity index (χ2n) is 5.50. The van der Waals surface area contributed by atoms with E-state index in [1.54, 1.807) is 10.9 Å². The fraction of sp³-hybridized carbons (Fsp3) is 0.692. The van der Waals surface area contributed by atoms with Gasteiger partial charge in [0.25, 0.3) is 0 Å². The van der Waals surface area contributed by atoms with Gasteiger partial charge in [0.05, 0.1) is 17.8 Å². The summed E-state index contributed by atoms with van der Waals surface area (Å²) in [6, 6.07) is 0.144. The van der Waals surface area contributed by atoms with Gasteiger partial charge in [-0.25, -0.2) is 0 Å². The number of carbonyl (C=O) groups excluding carboxylic acids is 1. The maximum atomic E-state index is 12.5. The number of aromatic nitrogens is 2. The number of likely N-dealkylation sites (N-methyl/N-ethyl adjacent to an activating group) is 1. The first-order valence-electron chi connectivity index (χ1n) is 6.65. The van der Waals surface area contributed by atoms with Crippen LogP contribution >= 0.6 is 11.6 Å². The Labute approximate surface area is 118 Å². The minimum absolute atomic E-state index is 0.00214. The molecular formula is C13H21ClN4O. The van der Waals surface area contributed by atoms with Gasteiger partial charge in [0.1, 0.15) is 5.69 Å². The maximum Gasteiger partial charge on any atom is 0.185 e. The van der Waals surface area contributed by atoms with Gasteiger partial charge in [0, 0.05) is 18.5 Å². The normalized spacial score (nSPS) is 23.2. The molecule has 2 atom stereocenters. The lowest BCUT2D eigenvalue weighted by Crippen LogP contribution is -2.24. The van der Waals surface area contributed by atoms with Crippen LogP contribution in [-0.2, 0) is 6.54 Å². The molecule has 1 heterocycles. The molecule has 2 N–H and O–H groups in total. The molecule has 1 aliphatic carbocycles. The van der Waals surface area contributed by atoms with Crippen LogP contribution in [0.25, 0.3) is 0 Å². The highest BCUT2D eigenvalue weighted by Crippen LogP contribution is 2.29. The molecule has 1 fully saturated rings. The van der Waals surface area contributed by atoms with Crippen LogP contribution < -0.4 is 5.73 Å². The molecule has 19 heavy (non-hydrogen) atoms. The second kappa shape index (κ2) is 6.03. The number of halogens is 1. The summed E-state index contributed by atoms with van der Waals surface area (Å²) in [5.41, 5.74) is 6.42. The topological polar surface area (TPSA) is 64.2 Å². The van der Waals surface area contributed by atoms with Crippen LogP contribution in [0.15, 0.2) is 6.20 Å². The predicted molar refractivity (Wildman–Crippen MR) is 75.4 cm³/mol. The van der Waals surface area contributed by atoms with Crippen molar-refractivity contribution in [2.45, 2.75) is 31.8 Å². The third-order valence-electron chi connectivity index (χ3n) is 3.63. The molecule has 0 aromatic carbocycles. The summed E-state index contributed by atoms with van der Waals surface area (Å²) >= 11 is 6.12. The summed E-state index contributed by atoms with van der Waals surface area (Å²) in [4.78, 5) is 14.6. The smallest absolute Gasteiger partial charge is 0.185 e. The van der Waals surface area contributed by atoms with Gasteiger partial charge in [-0.1, -0.05) is 11.6 Å². The highest BCUT2D eigenvalue weighted by Gasteiger charge is 2.31. The summed E-state index contributed by atoms with van der Waals surface area (Å²) in [5.74, 6) is 0.0940. The quantitative estimate of drug-likeness (QED) is 0.831. The molecule has 5 nitrogen and oxygen atoms in total. The van der Waals surface area contributed by atoms with E-state index in [0.29, 0.717) is 17.3 Å². The molecule has 2 unspecified atom stereocenters. The number of hydrogen-bond acceptors (Lipinski definition) is 4. The van der Waals surface area contributed by atoms with E-state index in [1.807, 2.05) is 14.1 Å². The summed E-state index contributed by atoms with van der Waals surface area (Å²) in [6.07, 6.45) is 4.09. The molecule has 0 aliphatic heterocycles. The summed E-state index contributed by atoms with van der Waals surface area (Å²) in [7, 11) is 3.98. The molecule has 0 amide bonds. The van der Waals surface area contributed by atoms with E-state index in [2.05, 4.69) is 10.00 Å². The molecule has 1 aliphatic rings. The van der Waals surface area contributed by atoms with Crippen LogP contribution in [0, 0.1) is 5.92 Å². The molecule has 0 bridgehead atoms. The van der Waals surface area contributed by atoms with Crippen LogP contribution in [0.2, 0.25) is 5.02 Å². The van der Waals surface area contributed by atoms with Crippen molar-refractivity contribution >= 4 is 17.4 Å². The molecule has 2 rings (SSSR count). The van der Waals surface area contributed by atoms with Crippen molar-refractivity contribution in [3.05, 3.63) is 16.9 Å². The summed E-state index contributed by atoms with van der Waals surface area (Å²) in [5, 5.41) is 4.65. The van der Waals surface area contributed by atoms with Gasteiger partial charge in [-0.3, -0.25) is 9.48 Å². The number of hydrogen-bond donors (Lipinski definition) is 1. The minimum Gasteiger partial charge on any atom is -0.328 e. The third-order valence-corrected chi connectivity index (χ3v) is 3.91. The first kappa shape index (κ1) is 14.5. The van der Waals surface area contributed by atoms with Crippen molar-refractivity contribution in [1.29, 1.82) is 0 Å². The number of Topliss-reactive ketones (excluding diaryl/α,β-unsaturated/α-hetero) is 1. The fourth-order valence-corrected chi connectivity index (χ4v) is 2.75.